The molecule has 0 unspecified atom stereocenters. The fraction of sp³-hybridized carbons (Fsp3) is 0.455. The Morgan fingerprint density at radius 2 is 2.00 bits per heavy atom. The number of amides is 1. The monoisotopic (exact) mass is 241 g/mol. The summed E-state index contributed by atoms with van der Waals surface area (Å²) in [6.45, 7) is 3.91. The predicted octanol–water partition coefficient (Wildman–Crippen LogP) is 1.13. The number of hydrogen-bond donors (Lipinski definition) is 2. The highest BCUT2D eigenvalue weighted by Crippen LogP contribution is 2.10. The minimum Gasteiger partial charge on any atom is -0.475 e. The molecule has 2 N–H and O–H groups in total. The van der Waals surface area contributed by atoms with Crippen LogP contribution in [0.4, 0.5) is 0 Å². The van der Waals surface area contributed by atoms with Crippen molar-refractivity contribution in [2.75, 3.05) is 13.7 Å². The molecule has 0 fully saturated rings. The molecule has 0 aliphatic carbocycles. The van der Waals surface area contributed by atoms with Crippen molar-refractivity contribution >= 4 is 11.9 Å². The van der Waals surface area contributed by atoms with Gasteiger partial charge in [0.2, 0.25) is 5.76 Å². The molecule has 17 heavy (non-hydrogen) atoms. The third-order valence-electron chi connectivity index (χ3n) is 2.00. The molecule has 1 amide bonds. The third kappa shape index (κ3) is 3.60. The smallest absolute Gasteiger partial charge is 0.371 e. The lowest BCUT2D eigenvalue weighted by molar-refractivity contribution is 0.0657. The zero-order valence-electron chi connectivity index (χ0n) is 9.94. The Hall–Kier alpha value is -1.82. The van der Waals surface area contributed by atoms with E-state index in [1.165, 1.54) is 19.2 Å². The molecule has 0 atom stereocenters. The van der Waals surface area contributed by atoms with Gasteiger partial charge in [0.25, 0.3) is 5.91 Å². The molecule has 1 aromatic heterocycles. The first-order chi connectivity index (χ1) is 7.85. The third-order valence-corrected chi connectivity index (χ3v) is 2.00. The van der Waals surface area contributed by atoms with E-state index in [0.29, 0.717) is 6.61 Å². The van der Waals surface area contributed by atoms with Crippen molar-refractivity contribution < 1.29 is 23.8 Å². The Labute approximate surface area is 98.6 Å². The minimum absolute atomic E-state index is 0.0356. The topological polar surface area (TPSA) is 88.8 Å². The van der Waals surface area contributed by atoms with E-state index in [9.17, 15) is 9.59 Å². The summed E-state index contributed by atoms with van der Waals surface area (Å²) < 4.78 is 9.83. The van der Waals surface area contributed by atoms with Crippen molar-refractivity contribution in [2.45, 2.75) is 19.4 Å². The molecule has 0 radical (unpaired) electrons. The van der Waals surface area contributed by atoms with Crippen LogP contribution in [0, 0.1) is 0 Å². The maximum atomic E-state index is 11.7. The van der Waals surface area contributed by atoms with Crippen LogP contribution in [0.1, 0.15) is 35.0 Å². The zero-order valence-corrected chi connectivity index (χ0v) is 9.94. The number of carboxylic acid groups (broad SMARTS) is 1. The molecule has 0 aromatic carbocycles. The number of carbonyl (C=O) groups excluding carboxylic acids is 1. The lowest BCUT2D eigenvalue weighted by Gasteiger charge is -2.24. The summed E-state index contributed by atoms with van der Waals surface area (Å²) in [5, 5.41) is 11.3. The van der Waals surface area contributed by atoms with Crippen LogP contribution >= 0.6 is 0 Å². The van der Waals surface area contributed by atoms with Gasteiger partial charge in [-0.2, -0.15) is 0 Å². The van der Waals surface area contributed by atoms with Crippen LogP contribution in [0.15, 0.2) is 16.5 Å². The SMILES string of the molecule is COCC(C)(C)NC(=O)c1ccc(C(=O)O)o1. The average Bonchev–Trinajstić information content (AvgIpc) is 2.64. The Bertz CT molecular complexity index is 421. The summed E-state index contributed by atoms with van der Waals surface area (Å²) in [7, 11) is 1.53. The average molecular weight is 241 g/mol. The van der Waals surface area contributed by atoms with E-state index in [-0.39, 0.29) is 11.5 Å². The van der Waals surface area contributed by atoms with E-state index in [1.807, 2.05) is 0 Å². The molecule has 0 saturated carbocycles. The van der Waals surface area contributed by atoms with Gasteiger partial charge >= 0.3 is 5.97 Å². The predicted molar refractivity (Wildman–Crippen MR) is 59.1 cm³/mol. The molecular weight excluding hydrogens is 226 g/mol. The molecule has 1 heterocycles. The van der Waals surface area contributed by atoms with Crippen LogP contribution in [0.3, 0.4) is 0 Å². The standard InChI is InChI=1S/C11H15NO5/c1-11(2,6-16-3)12-9(13)7-4-5-8(17-7)10(14)15/h4-5H,6H2,1-3H3,(H,12,13)(H,14,15). The number of hydrogen-bond acceptors (Lipinski definition) is 4. The Balaban J connectivity index is 2.73. The summed E-state index contributed by atoms with van der Waals surface area (Å²) in [5.41, 5.74) is -0.554. The van der Waals surface area contributed by atoms with Gasteiger partial charge in [-0.15, -0.1) is 0 Å². The van der Waals surface area contributed by atoms with Crippen LogP contribution in [0.25, 0.3) is 0 Å². The molecule has 1 rings (SSSR count). The number of carbonyl (C=O) groups is 2. The molecule has 0 spiro atoms. The normalized spacial score (nSPS) is 11.2. The summed E-state index contributed by atoms with van der Waals surface area (Å²) >= 11 is 0. The summed E-state index contributed by atoms with van der Waals surface area (Å²) in [4.78, 5) is 22.3. The Morgan fingerprint density at radius 3 is 2.47 bits per heavy atom. The summed E-state index contributed by atoms with van der Waals surface area (Å²) in [6.07, 6.45) is 0. The first-order valence-electron chi connectivity index (χ1n) is 5.00. The molecule has 6 nitrogen and oxygen atoms in total. The quantitative estimate of drug-likeness (QED) is 0.806. The van der Waals surface area contributed by atoms with Gasteiger partial charge in [0.05, 0.1) is 12.1 Å². The Kier molecular flexibility index (Phi) is 3.90. The van der Waals surface area contributed by atoms with Gasteiger partial charge < -0.3 is 19.6 Å². The van der Waals surface area contributed by atoms with Gasteiger partial charge in [-0.05, 0) is 26.0 Å². The van der Waals surface area contributed by atoms with Gasteiger partial charge in [-0.3, -0.25) is 4.79 Å². The zero-order chi connectivity index (χ0) is 13.1. The van der Waals surface area contributed by atoms with E-state index in [0.717, 1.165) is 0 Å². The first-order valence-corrected chi connectivity index (χ1v) is 5.00. The molecule has 94 valence electrons. The number of methoxy groups -OCH3 is 1. The van der Waals surface area contributed by atoms with E-state index >= 15 is 0 Å². The van der Waals surface area contributed by atoms with E-state index in [1.54, 1.807) is 13.8 Å². The summed E-state index contributed by atoms with van der Waals surface area (Å²) in [6, 6.07) is 2.56. The lowest BCUT2D eigenvalue weighted by Crippen LogP contribution is -2.46. The molecule has 1 aromatic rings. The highest BCUT2D eigenvalue weighted by molar-refractivity contribution is 5.93. The fourth-order valence-corrected chi connectivity index (χ4v) is 1.34. The second-order valence-electron chi connectivity index (χ2n) is 4.24. The molecular formula is C11H15NO5. The van der Waals surface area contributed by atoms with Crippen molar-refractivity contribution in [3.8, 4) is 0 Å². The fourth-order valence-electron chi connectivity index (χ4n) is 1.34. The van der Waals surface area contributed by atoms with Crippen molar-refractivity contribution in [2.24, 2.45) is 0 Å². The largest absolute Gasteiger partial charge is 0.475 e. The van der Waals surface area contributed by atoms with Crippen molar-refractivity contribution in [1.82, 2.24) is 5.32 Å². The number of carboxylic acids is 1. The van der Waals surface area contributed by atoms with Crippen molar-refractivity contribution in [3.05, 3.63) is 23.7 Å². The van der Waals surface area contributed by atoms with Crippen LogP contribution in [-0.4, -0.2) is 36.2 Å². The van der Waals surface area contributed by atoms with E-state index in [2.05, 4.69) is 5.32 Å². The number of rotatable bonds is 5. The van der Waals surface area contributed by atoms with E-state index < -0.39 is 17.4 Å². The van der Waals surface area contributed by atoms with Gasteiger partial charge in [0, 0.05) is 7.11 Å². The maximum absolute atomic E-state index is 11.7. The molecule has 0 aliphatic heterocycles. The van der Waals surface area contributed by atoms with Gasteiger partial charge in [-0.1, -0.05) is 0 Å². The second-order valence-corrected chi connectivity index (χ2v) is 4.24. The van der Waals surface area contributed by atoms with Gasteiger partial charge in [0.15, 0.2) is 5.76 Å². The summed E-state index contributed by atoms with van der Waals surface area (Å²) in [5.74, 6) is -1.98. The first kappa shape index (κ1) is 13.2. The van der Waals surface area contributed by atoms with E-state index in [4.69, 9.17) is 14.3 Å². The molecule has 0 saturated heterocycles. The van der Waals surface area contributed by atoms with Gasteiger partial charge in [-0.25, -0.2) is 4.79 Å². The van der Waals surface area contributed by atoms with Gasteiger partial charge in [0.1, 0.15) is 0 Å². The number of nitrogens with one attached hydrogen (secondary N) is 1. The maximum Gasteiger partial charge on any atom is 0.371 e. The Morgan fingerprint density at radius 1 is 1.41 bits per heavy atom. The number of ether oxygens (including phenoxy) is 1. The lowest BCUT2D eigenvalue weighted by atomic mass is 10.1. The molecule has 0 aliphatic rings. The van der Waals surface area contributed by atoms with Crippen LogP contribution in [-0.2, 0) is 4.74 Å². The second kappa shape index (κ2) is 5.01. The van der Waals surface area contributed by atoms with Crippen LogP contribution in [0.5, 0.6) is 0 Å². The highest BCUT2D eigenvalue weighted by Gasteiger charge is 2.23. The molecule has 0 bridgehead atoms. The number of furan rings is 1. The minimum atomic E-state index is -1.21. The molecule has 6 heteroatoms. The highest BCUT2D eigenvalue weighted by atomic mass is 16.5. The van der Waals surface area contributed by atoms with Crippen LogP contribution < -0.4 is 5.32 Å². The van der Waals surface area contributed by atoms with Crippen LogP contribution in [0.2, 0.25) is 0 Å². The van der Waals surface area contributed by atoms with Crippen molar-refractivity contribution in [3.63, 3.8) is 0 Å². The number of aromatic carboxylic acids is 1. The van der Waals surface area contributed by atoms with Crippen molar-refractivity contribution in [1.29, 1.82) is 0 Å².